The minimum atomic E-state index is -0.132. The quantitative estimate of drug-likeness (QED) is 0.722. The molecule has 1 aliphatic heterocycles. The molecular formula is C21H25NO3. The summed E-state index contributed by atoms with van der Waals surface area (Å²) < 4.78 is 10.7. The van der Waals surface area contributed by atoms with Crippen LogP contribution in [0.25, 0.3) is 0 Å². The van der Waals surface area contributed by atoms with Crippen LogP contribution in [0, 0.1) is 0 Å². The molecule has 2 aromatic rings. The van der Waals surface area contributed by atoms with Gasteiger partial charge in [0.15, 0.2) is 0 Å². The highest BCUT2D eigenvalue weighted by molar-refractivity contribution is 5.77. The molecule has 4 nitrogen and oxygen atoms in total. The predicted molar refractivity (Wildman–Crippen MR) is 97.6 cm³/mol. The van der Waals surface area contributed by atoms with Crippen LogP contribution in [0.5, 0.6) is 5.75 Å². The number of ether oxygens (including phenoxy) is 2. The molecule has 1 heterocycles. The van der Waals surface area contributed by atoms with Gasteiger partial charge in [-0.15, -0.1) is 0 Å². The lowest BCUT2D eigenvalue weighted by atomic mass is 9.96. The lowest BCUT2D eigenvalue weighted by Crippen LogP contribution is -2.53. The van der Waals surface area contributed by atoms with Crippen LogP contribution in [0.15, 0.2) is 54.6 Å². The first-order chi connectivity index (χ1) is 12.2. The van der Waals surface area contributed by atoms with Crippen LogP contribution in [0.1, 0.15) is 30.5 Å². The van der Waals surface area contributed by atoms with Gasteiger partial charge in [0.05, 0.1) is 13.7 Å². The largest absolute Gasteiger partial charge is 0.497 e. The fraction of sp³-hybridized carbons (Fsp3) is 0.381. The number of esters is 1. The fourth-order valence-electron chi connectivity index (χ4n) is 3.21. The molecule has 1 fully saturated rings. The number of hydrogen-bond donors (Lipinski definition) is 0. The lowest BCUT2D eigenvalue weighted by Gasteiger charge is -2.43. The molecule has 0 spiro atoms. The Balaban J connectivity index is 1.51. The van der Waals surface area contributed by atoms with Gasteiger partial charge >= 0.3 is 5.97 Å². The topological polar surface area (TPSA) is 38.8 Å². The average Bonchev–Trinajstić information content (AvgIpc) is 2.61. The average molecular weight is 339 g/mol. The number of likely N-dealkylation sites (tertiary alicyclic amines) is 1. The fourth-order valence-corrected chi connectivity index (χ4v) is 3.21. The van der Waals surface area contributed by atoms with Crippen molar-refractivity contribution in [1.29, 1.82) is 0 Å². The molecule has 2 unspecified atom stereocenters. The van der Waals surface area contributed by atoms with Crippen LogP contribution in [0.2, 0.25) is 0 Å². The maximum atomic E-state index is 12.4. The minimum absolute atomic E-state index is 0.109. The van der Waals surface area contributed by atoms with E-state index in [9.17, 15) is 4.79 Å². The zero-order valence-electron chi connectivity index (χ0n) is 14.9. The number of carbonyl (C=O) groups excluding carboxylic acids is 1. The van der Waals surface area contributed by atoms with Crippen molar-refractivity contribution in [1.82, 2.24) is 4.90 Å². The highest BCUT2D eigenvalue weighted by atomic mass is 16.5. The summed E-state index contributed by atoms with van der Waals surface area (Å²) >= 11 is 0. The van der Waals surface area contributed by atoms with Gasteiger partial charge in [-0.05, 0) is 36.6 Å². The van der Waals surface area contributed by atoms with E-state index in [0.717, 1.165) is 25.1 Å². The number of methoxy groups -OCH3 is 1. The van der Waals surface area contributed by atoms with E-state index in [4.69, 9.17) is 9.47 Å². The summed E-state index contributed by atoms with van der Waals surface area (Å²) in [4.78, 5) is 14.6. The van der Waals surface area contributed by atoms with Gasteiger partial charge in [-0.3, -0.25) is 9.69 Å². The Morgan fingerprint density at radius 1 is 1.16 bits per heavy atom. The van der Waals surface area contributed by atoms with Gasteiger partial charge in [-0.25, -0.2) is 0 Å². The summed E-state index contributed by atoms with van der Waals surface area (Å²) in [5, 5.41) is 0. The molecule has 0 aromatic heterocycles. The van der Waals surface area contributed by atoms with Crippen molar-refractivity contribution in [3.63, 3.8) is 0 Å². The van der Waals surface area contributed by atoms with Gasteiger partial charge in [-0.2, -0.15) is 0 Å². The van der Waals surface area contributed by atoms with E-state index in [1.165, 1.54) is 11.1 Å². The number of benzene rings is 2. The Labute approximate surface area is 149 Å². The first-order valence-corrected chi connectivity index (χ1v) is 8.79. The molecule has 2 atom stereocenters. The highest BCUT2D eigenvalue weighted by Gasteiger charge is 2.38. The first-order valence-electron chi connectivity index (χ1n) is 8.79. The van der Waals surface area contributed by atoms with E-state index in [2.05, 4.69) is 36.1 Å². The van der Waals surface area contributed by atoms with E-state index in [1.54, 1.807) is 7.11 Å². The van der Waals surface area contributed by atoms with E-state index in [1.807, 2.05) is 30.3 Å². The second-order valence-electron chi connectivity index (χ2n) is 6.39. The molecule has 2 aromatic carbocycles. The Morgan fingerprint density at radius 3 is 2.48 bits per heavy atom. The third-order valence-corrected chi connectivity index (χ3v) is 4.91. The summed E-state index contributed by atoms with van der Waals surface area (Å²) in [7, 11) is 1.66. The molecule has 25 heavy (non-hydrogen) atoms. The molecule has 3 rings (SSSR count). The maximum Gasteiger partial charge on any atom is 0.323 e. The van der Waals surface area contributed by atoms with Crippen molar-refractivity contribution in [2.75, 3.05) is 20.3 Å². The Hall–Kier alpha value is -2.33. The molecule has 1 saturated heterocycles. The number of rotatable bonds is 7. The third-order valence-electron chi connectivity index (χ3n) is 4.91. The standard InChI is InChI=1S/C21H25NO3/c1-16(18-8-10-19(24-2)11-9-18)22-14-12-20(22)21(23)25-15-13-17-6-4-3-5-7-17/h3-11,16,20H,12-15H2,1-2H3. The van der Waals surface area contributed by atoms with Gasteiger partial charge in [0, 0.05) is 19.0 Å². The van der Waals surface area contributed by atoms with Crippen molar-refractivity contribution in [2.24, 2.45) is 0 Å². The number of carbonyl (C=O) groups is 1. The predicted octanol–water partition coefficient (Wildman–Crippen LogP) is 3.62. The summed E-state index contributed by atoms with van der Waals surface area (Å²) in [5.41, 5.74) is 2.37. The highest BCUT2D eigenvalue weighted by Crippen LogP contribution is 2.31. The van der Waals surface area contributed by atoms with Crippen LogP contribution in [-0.4, -0.2) is 37.2 Å². The zero-order chi connectivity index (χ0) is 17.6. The van der Waals surface area contributed by atoms with E-state index < -0.39 is 0 Å². The number of hydrogen-bond acceptors (Lipinski definition) is 4. The Kier molecular flexibility index (Phi) is 5.71. The van der Waals surface area contributed by atoms with Crippen molar-refractivity contribution in [3.8, 4) is 5.75 Å². The van der Waals surface area contributed by atoms with Gasteiger partial charge in [0.25, 0.3) is 0 Å². The molecular weight excluding hydrogens is 314 g/mol. The molecule has 0 bridgehead atoms. The molecule has 4 heteroatoms. The lowest BCUT2D eigenvalue weighted by molar-refractivity contribution is -0.156. The molecule has 132 valence electrons. The van der Waals surface area contributed by atoms with Crippen LogP contribution in [0.4, 0.5) is 0 Å². The SMILES string of the molecule is COc1ccc(C(C)N2CCC2C(=O)OCCc2ccccc2)cc1. The van der Waals surface area contributed by atoms with Crippen molar-refractivity contribution in [2.45, 2.75) is 31.8 Å². The molecule has 0 N–H and O–H groups in total. The smallest absolute Gasteiger partial charge is 0.323 e. The summed E-state index contributed by atoms with van der Waals surface area (Å²) in [6.07, 6.45) is 1.62. The van der Waals surface area contributed by atoms with Crippen molar-refractivity contribution < 1.29 is 14.3 Å². The Morgan fingerprint density at radius 2 is 1.88 bits per heavy atom. The molecule has 0 radical (unpaired) electrons. The van der Waals surface area contributed by atoms with Gasteiger partial charge < -0.3 is 9.47 Å². The van der Waals surface area contributed by atoms with Crippen LogP contribution >= 0.6 is 0 Å². The minimum Gasteiger partial charge on any atom is -0.497 e. The summed E-state index contributed by atoms with van der Waals surface area (Å²) in [6, 6.07) is 18.2. The van der Waals surface area contributed by atoms with Crippen LogP contribution in [0.3, 0.4) is 0 Å². The molecule has 0 amide bonds. The van der Waals surface area contributed by atoms with E-state index in [-0.39, 0.29) is 18.1 Å². The van der Waals surface area contributed by atoms with Crippen LogP contribution in [-0.2, 0) is 16.0 Å². The summed E-state index contributed by atoms with van der Waals surface area (Å²) in [5.74, 6) is 0.735. The van der Waals surface area contributed by atoms with E-state index in [0.29, 0.717) is 6.61 Å². The second-order valence-corrected chi connectivity index (χ2v) is 6.39. The Bertz CT molecular complexity index is 684. The monoisotopic (exact) mass is 339 g/mol. The molecule has 0 aliphatic carbocycles. The van der Waals surface area contributed by atoms with Gasteiger partial charge in [-0.1, -0.05) is 42.5 Å². The van der Waals surface area contributed by atoms with Crippen molar-refractivity contribution >= 4 is 5.97 Å². The van der Waals surface area contributed by atoms with E-state index >= 15 is 0 Å². The molecule has 0 saturated carbocycles. The number of nitrogens with zero attached hydrogens (tertiary/aromatic N) is 1. The van der Waals surface area contributed by atoms with Gasteiger partial charge in [0.2, 0.25) is 0 Å². The maximum absolute atomic E-state index is 12.4. The van der Waals surface area contributed by atoms with Crippen LogP contribution < -0.4 is 4.74 Å². The summed E-state index contributed by atoms with van der Waals surface area (Å²) in [6.45, 7) is 3.49. The normalized spacial score (nSPS) is 18.2. The van der Waals surface area contributed by atoms with Gasteiger partial charge in [0.1, 0.15) is 11.8 Å². The third kappa shape index (κ3) is 4.20. The zero-order valence-corrected chi connectivity index (χ0v) is 14.9. The molecule has 1 aliphatic rings. The second kappa shape index (κ2) is 8.17. The van der Waals surface area contributed by atoms with Crippen molar-refractivity contribution in [3.05, 3.63) is 65.7 Å². The first kappa shape index (κ1) is 17.5.